The van der Waals surface area contributed by atoms with Crippen LogP contribution in [0.15, 0.2) is 42.5 Å². The first-order valence-corrected chi connectivity index (χ1v) is 7.13. The van der Waals surface area contributed by atoms with E-state index in [9.17, 15) is 0 Å². The fourth-order valence-corrected chi connectivity index (χ4v) is 2.78. The van der Waals surface area contributed by atoms with Crippen molar-refractivity contribution in [2.75, 3.05) is 6.61 Å². The molecule has 1 heterocycles. The molecule has 2 nitrogen and oxygen atoms in total. The summed E-state index contributed by atoms with van der Waals surface area (Å²) in [5.41, 5.74) is 1.27. The largest absolute Gasteiger partial charge is 0.395 e. The summed E-state index contributed by atoms with van der Waals surface area (Å²) in [4.78, 5) is 2.60. The molecule has 0 spiro atoms. The maximum atomic E-state index is 9.13. The Labute approximate surface area is 112 Å². The third-order valence-corrected chi connectivity index (χ3v) is 4.13. The van der Waals surface area contributed by atoms with Crippen molar-refractivity contribution in [1.29, 1.82) is 0 Å². The normalized spacial score (nSPS) is 12.6. The molecule has 0 saturated heterocycles. The molecular formula is C15H19NOS. The summed E-state index contributed by atoms with van der Waals surface area (Å²) in [5, 5.41) is 12.5. The van der Waals surface area contributed by atoms with Gasteiger partial charge in [-0.2, -0.15) is 0 Å². The van der Waals surface area contributed by atoms with E-state index in [0.29, 0.717) is 0 Å². The van der Waals surface area contributed by atoms with Crippen LogP contribution in [0.2, 0.25) is 0 Å². The van der Waals surface area contributed by atoms with E-state index in [2.05, 4.69) is 48.6 Å². The van der Waals surface area contributed by atoms with Gasteiger partial charge in [-0.15, -0.1) is 11.3 Å². The first-order valence-electron chi connectivity index (χ1n) is 6.32. The molecule has 96 valence electrons. The molecule has 2 aromatic rings. The van der Waals surface area contributed by atoms with Crippen molar-refractivity contribution in [2.24, 2.45) is 0 Å². The van der Waals surface area contributed by atoms with Crippen LogP contribution in [0.3, 0.4) is 0 Å². The van der Waals surface area contributed by atoms with Crippen molar-refractivity contribution >= 4 is 11.3 Å². The average Bonchev–Trinajstić information content (AvgIpc) is 2.90. The standard InChI is InChI=1S/C15H19NOS/c1-2-13(11-17)16-10-14-8-9-15(18-14)12-6-4-3-5-7-12/h3-9,13,16-17H,2,10-11H2,1H3/t13-/m0/s1. The van der Waals surface area contributed by atoms with Crippen molar-refractivity contribution in [3.63, 3.8) is 0 Å². The van der Waals surface area contributed by atoms with Gasteiger partial charge in [-0.25, -0.2) is 0 Å². The summed E-state index contributed by atoms with van der Waals surface area (Å²) >= 11 is 1.80. The second kappa shape index (κ2) is 6.69. The maximum absolute atomic E-state index is 9.13. The number of hydrogen-bond donors (Lipinski definition) is 2. The van der Waals surface area contributed by atoms with Gasteiger partial charge in [-0.1, -0.05) is 37.3 Å². The zero-order valence-electron chi connectivity index (χ0n) is 10.6. The molecule has 1 aromatic carbocycles. The Bertz CT molecular complexity index is 462. The SMILES string of the molecule is CC[C@@H](CO)NCc1ccc(-c2ccccc2)s1. The number of benzene rings is 1. The molecule has 0 fully saturated rings. The van der Waals surface area contributed by atoms with Crippen LogP contribution in [0.25, 0.3) is 10.4 Å². The van der Waals surface area contributed by atoms with Gasteiger partial charge in [0.2, 0.25) is 0 Å². The minimum Gasteiger partial charge on any atom is -0.395 e. The Morgan fingerprint density at radius 1 is 1.17 bits per heavy atom. The summed E-state index contributed by atoms with van der Waals surface area (Å²) in [6.07, 6.45) is 0.952. The summed E-state index contributed by atoms with van der Waals surface area (Å²) in [5.74, 6) is 0. The molecule has 0 amide bonds. The van der Waals surface area contributed by atoms with Crippen molar-refractivity contribution < 1.29 is 5.11 Å². The van der Waals surface area contributed by atoms with E-state index >= 15 is 0 Å². The van der Waals surface area contributed by atoms with E-state index in [0.717, 1.165) is 13.0 Å². The predicted octanol–water partition coefficient (Wildman–Crippen LogP) is 3.28. The quantitative estimate of drug-likeness (QED) is 0.836. The van der Waals surface area contributed by atoms with Gasteiger partial charge in [-0.05, 0) is 24.1 Å². The Kier molecular flexibility index (Phi) is 4.93. The highest BCUT2D eigenvalue weighted by Crippen LogP contribution is 2.27. The van der Waals surface area contributed by atoms with Crippen LogP contribution >= 0.6 is 11.3 Å². The molecule has 0 radical (unpaired) electrons. The first-order chi connectivity index (χ1) is 8.83. The van der Waals surface area contributed by atoms with Gasteiger partial charge in [0.05, 0.1) is 6.61 Å². The fourth-order valence-electron chi connectivity index (χ4n) is 1.81. The van der Waals surface area contributed by atoms with E-state index in [1.54, 1.807) is 11.3 Å². The lowest BCUT2D eigenvalue weighted by Crippen LogP contribution is -2.30. The highest BCUT2D eigenvalue weighted by Gasteiger charge is 2.06. The van der Waals surface area contributed by atoms with Crippen LogP contribution in [0.5, 0.6) is 0 Å². The highest BCUT2D eigenvalue weighted by molar-refractivity contribution is 7.15. The molecule has 18 heavy (non-hydrogen) atoms. The first kappa shape index (κ1) is 13.3. The Hall–Kier alpha value is -1.16. The third-order valence-electron chi connectivity index (χ3n) is 3.00. The van der Waals surface area contributed by atoms with Crippen LogP contribution in [0.4, 0.5) is 0 Å². The van der Waals surface area contributed by atoms with Gasteiger partial charge in [-0.3, -0.25) is 0 Å². The smallest absolute Gasteiger partial charge is 0.0584 e. The summed E-state index contributed by atoms with van der Waals surface area (Å²) < 4.78 is 0. The van der Waals surface area contributed by atoms with Gasteiger partial charge in [0, 0.05) is 22.3 Å². The van der Waals surface area contributed by atoms with Crippen LogP contribution in [-0.2, 0) is 6.54 Å². The maximum Gasteiger partial charge on any atom is 0.0584 e. The number of hydrogen-bond acceptors (Lipinski definition) is 3. The highest BCUT2D eigenvalue weighted by atomic mass is 32.1. The summed E-state index contributed by atoms with van der Waals surface area (Å²) in [6.45, 7) is 3.11. The topological polar surface area (TPSA) is 32.3 Å². The lowest BCUT2D eigenvalue weighted by molar-refractivity contribution is 0.238. The van der Waals surface area contributed by atoms with E-state index in [4.69, 9.17) is 5.11 Å². The average molecular weight is 261 g/mol. The second-order valence-electron chi connectivity index (χ2n) is 4.30. The van der Waals surface area contributed by atoms with Crippen molar-refractivity contribution in [3.8, 4) is 10.4 Å². The zero-order valence-corrected chi connectivity index (χ0v) is 11.4. The van der Waals surface area contributed by atoms with Crippen LogP contribution in [0.1, 0.15) is 18.2 Å². The fraction of sp³-hybridized carbons (Fsp3) is 0.333. The number of nitrogens with one attached hydrogen (secondary N) is 1. The molecule has 0 aliphatic rings. The van der Waals surface area contributed by atoms with Gasteiger partial charge in [0.15, 0.2) is 0 Å². The lowest BCUT2D eigenvalue weighted by atomic mass is 10.2. The summed E-state index contributed by atoms with van der Waals surface area (Å²) in [6, 6.07) is 14.9. The molecule has 0 saturated carbocycles. The number of aliphatic hydroxyl groups is 1. The van der Waals surface area contributed by atoms with E-state index < -0.39 is 0 Å². The van der Waals surface area contributed by atoms with Gasteiger partial charge in [0.25, 0.3) is 0 Å². The Morgan fingerprint density at radius 3 is 2.61 bits per heavy atom. The molecule has 0 bridgehead atoms. The Morgan fingerprint density at radius 2 is 1.94 bits per heavy atom. The van der Waals surface area contributed by atoms with Crippen LogP contribution in [-0.4, -0.2) is 17.8 Å². The molecule has 3 heteroatoms. The molecule has 0 unspecified atom stereocenters. The van der Waals surface area contributed by atoms with E-state index in [1.165, 1.54) is 15.3 Å². The Balaban J connectivity index is 1.98. The van der Waals surface area contributed by atoms with Crippen molar-refractivity contribution in [1.82, 2.24) is 5.32 Å². The number of aliphatic hydroxyl groups excluding tert-OH is 1. The van der Waals surface area contributed by atoms with Crippen molar-refractivity contribution in [3.05, 3.63) is 47.3 Å². The number of thiophene rings is 1. The van der Waals surface area contributed by atoms with Crippen LogP contribution in [0, 0.1) is 0 Å². The molecule has 1 aromatic heterocycles. The predicted molar refractivity (Wildman–Crippen MR) is 77.8 cm³/mol. The molecule has 1 atom stereocenters. The molecular weight excluding hydrogens is 242 g/mol. The van der Waals surface area contributed by atoms with Gasteiger partial charge >= 0.3 is 0 Å². The van der Waals surface area contributed by atoms with E-state index in [-0.39, 0.29) is 12.6 Å². The van der Waals surface area contributed by atoms with Gasteiger partial charge in [0.1, 0.15) is 0 Å². The minimum atomic E-state index is 0.201. The second-order valence-corrected chi connectivity index (χ2v) is 5.47. The third kappa shape index (κ3) is 3.42. The summed E-state index contributed by atoms with van der Waals surface area (Å²) in [7, 11) is 0. The molecule has 2 rings (SSSR count). The van der Waals surface area contributed by atoms with Gasteiger partial charge < -0.3 is 10.4 Å². The molecule has 0 aliphatic carbocycles. The lowest BCUT2D eigenvalue weighted by Gasteiger charge is -2.12. The number of rotatable bonds is 6. The van der Waals surface area contributed by atoms with E-state index in [1.807, 2.05) is 6.07 Å². The van der Waals surface area contributed by atoms with Crippen LogP contribution < -0.4 is 5.32 Å². The zero-order chi connectivity index (χ0) is 12.8. The molecule has 2 N–H and O–H groups in total. The van der Waals surface area contributed by atoms with Crippen molar-refractivity contribution in [2.45, 2.75) is 25.9 Å². The minimum absolute atomic E-state index is 0.201. The molecule has 0 aliphatic heterocycles. The monoisotopic (exact) mass is 261 g/mol.